The molecule has 0 spiro atoms. The summed E-state index contributed by atoms with van der Waals surface area (Å²) in [5.74, 6) is -1.45. The number of amides is 1. The fourth-order valence-corrected chi connectivity index (χ4v) is 1.70. The molecule has 2 rings (SSSR count). The van der Waals surface area contributed by atoms with E-state index >= 15 is 0 Å². The van der Waals surface area contributed by atoms with E-state index in [9.17, 15) is 13.6 Å². The standard InChI is InChI=1S/C15H10F2N2O/c1-9-6-10(2-4-13(9)17)15(20)19-14-5-3-12(16)7-11(14)8-18/h2-7H,1H3,(H,19,20). The van der Waals surface area contributed by atoms with Crippen molar-refractivity contribution in [3.63, 3.8) is 0 Å². The molecule has 0 aliphatic rings. The third kappa shape index (κ3) is 2.81. The second-order valence-electron chi connectivity index (χ2n) is 4.22. The summed E-state index contributed by atoms with van der Waals surface area (Å²) in [6.45, 7) is 1.55. The van der Waals surface area contributed by atoms with Crippen LogP contribution in [0.3, 0.4) is 0 Å². The normalized spacial score (nSPS) is 9.90. The Labute approximate surface area is 114 Å². The number of hydrogen-bond acceptors (Lipinski definition) is 2. The number of benzene rings is 2. The molecular formula is C15H10F2N2O. The zero-order valence-corrected chi connectivity index (χ0v) is 10.6. The lowest BCUT2D eigenvalue weighted by atomic mass is 10.1. The fraction of sp³-hybridized carbons (Fsp3) is 0.0667. The van der Waals surface area contributed by atoms with Gasteiger partial charge < -0.3 is 5.32 Å². The first-order valence-corrected chi connectivity index (χ1v) is 5.78. The molecule has 2 aromatic rings. The summed E-state index contributed by atoms with van der Waals surface area (Å²) < 4.78 is 26.1. The molecule has 0 aliphatic heterocycles. The van der Waals surface area contributed by atoms with Gasteiger partial charge >= 0.3 is 0 Å². The molecule has 0 saturated heterocycles. The van der Waals surface area contributed by atoms with Crippen LogP contribution >= 0.6 is 0 Å². The predicted molar refractivity (Wildman–Crippen MR) is 70.2 cm³/mol. The number of nitrogens with zero attached hydrogens (tertiary/aromatic N) is 1. The average molecular weight is 272 g/mol. The summed E-state index contributed by atoms with van der Waals surface area (Å²) in [5.41, 5.74) is 0.840. The van der Waals surface area contributed by atoms with Gasteiger partial charge in [-0.1, -0.05) is 0 Å². The number of rotatable bonds is 2. The highest BCUT2D eigenvalue weighted by atomic mass is 19.1. The Morgan fingerprint density at radius 2 is 1.95 bits per heavy atom. The van der Waals surface area contributed by atoms with Crippen LogP contribution in [0.25, 0.3) is 0 Å². The van der Waals surface area contributed by atoms with Crippen molar-refractivity contribution in [2.24, 2.45) is 0 Å². The van der Waals surface area contributed by atoms with Gasteiger partial charge in [-0.25, -0.2) is 8.78 Å². The van der Waals surface area contributed by atoms with E-state index in [4.69, 9.17) is 5.26 Å². The minimum absolute atomic E-state index is 0.0252. The van der Waals surface area contributed by atoms with Crippen LogP contribution in [0.2, 0.25) is 0 Å². The van der Waals surface area contributed by atoms with E-state index in [1.165, 1.54) is 24.3 Å². The third-order valence-corrected chi connectivity index (χ3v) is 2.77. The van der Waals surface area contributed by atoms with Crippen LogP contribution in [-0.2, 0) is 0 Å². The first kappa shape index (κ1) is 13.7. The second-order valence-corrected chi connectivity index (χ2v) is 4.22. The Kier molecular flexibility index (Phi) is 3.76. The molecule has 0 heterocycles. The first-order chi connectivity index (χ1) is 9.51. The zero-order valence-electron chi connectivity index (χ0n) is 10.6. The van der Waals surface area contributed by atoms with Crippen LogP contribution in [0, 0.1) is 29.9 Å². The number of nitriles is 1. The van der Waals surface area contributed by atoms with Crippen molar-refractivity contribution in [1.29, 1.82) is 5.26 Å². The summed E-state index contributed by atoms with van der Waals surface area (Å²) in [6.07, 6.45) is 0. The molecule has 0 fully saturated rings. The topological polar surface area (TPSA) is 52.9 Å². The molecule has 20 heavy (non-hydrogen) atoms. The molecular weight excluding hydrogens is 262 g/mol. The maximum atomic E-state index is 13.1. The summed E-state index contributed by atoms with van der Waals surface area (Å²) in [6, 6.07) is 9.22. The predicted octanol–water partition coefficient (Wildman–Crippen LogP) is 3.40. The molecule has 1 amide bonds. The fourth-order valence-electron chi connectivity index (χ4n) is 1.70. The Hall–Kier alpha value is -2.74. The maximum Gasteiger partial charge on any atom is 0.255 e. The van der Waals surface area contributed by atoms with Gasteiger partial charge in [0, 0.05) is 5.56 Å². The molecule has 0 aromatic heterocycles. The third-order valence-electron chi connectivity index (χ3n) is 2.77. The van der Waals surface area contributed by atoms with Gasteiger partial charge in [0.25, 0.3) is 5.91 Å². The van der Waals surface area contributed by atoms with Crippen molar-refractivity contribution in [3.8, 4) is 6.07 Å². The van der Waals surface area contributed by atoms with Crippen LogP contribution in [0.4, 0.5) is 14.5 Å². The molecule has 3 nitrogen and oxygen atoms in total. The van der Waals surface area contributed by atoms with Crippen molar-refractivity contribution >= 4 is 11.6 Å². The number of halogens is 2. The highest BCUT2D eigenvalue weighted by molar-refractivity contribution is 6.05. The number of aryl methyl sites for hydroxylation is 1. The molecule has 100 valence electrons. The first-order valence-electron chi connectivity index (χ1n) is 5.78. The highest BCUT2D eigenvalue weighted by Crippen LogP contribution is 2.18. The quantitative estimate of drug-likeness (QED) is 0.911. The van der Waals surface area contributed by atoms with Crippen LogP contribution < -0.4 is 5.32 Å². The Morgan fingerprint density at radius 1 is 1.20 bits per heavy atom. The SMILES string of the molecule is Cc1cc(C(=O)Nc2ccc(F)cc2C#N)ccc1F. The number of hydrogen-bond donors (Lipinski definition) is 1. The molecule has 0 atom stereocenters. The Morgan fingerprint density at radius 3 is 2.60 bits per heavy atom. The zero-order chi connectivity index (χ0) is 14.7. The molecule has 1 N–H and O–H groups in total. The van der Waals surface area contributed by atoms with E-state index in [1.54, 1.807) is 13.0 Å². The molecule has 2 aromatic carbocycles. The van der Waals surface area contributed by atoms with Crippen molar-refractivity contribution in [1.82, 2.24) is 0 Å². The summed E-state index contributed by atoms with van der Waals surface area (Å²) >= 11 is 0. The number of anilines is 1. The molecule has 0 saturated carbocycles. The summed E-state index contributed by atoms with van der Waals surface area (Å²) in [7, 11) is 0. The van der Waals surface area contributed by atoms with Crippen molar-refractivity contribution in [3.05, 3.63) is 64.7 Å². The largest absolute Gasteiger partial charge is 0.321 e. The van der Waals surface area contributed by atoms with Crippen molar-refractivity contribution in [2.75, 3.05) is 5.32 Å². The maximum absolute atomic E-state index is 13.1. The molecule has 0 aliphatic carbocycles. The van der Waals surface area contributed by atoms with Crippen LogP contribution in [0.15, 0.2) is 36.4 Å². The molecule has 5 heteroatoms. The van der Waals surface area contributed by atoms with Gasteiger partial charge in [-0.3, -0.25) is 4.79 Å². The molecule has 0 unspecified atom stereocenters. The number of carbonyl (C=O) groups is 1. The number of carbonyl (C=O) groups excluding carboxylic acids is 1. The van der Waals surface area contributed by atoms with E-state index < -0.39 is 17.5 Å². The minimum Gasteiger partial charge on any atom is -0.321 e. The average Bonchev–Trinajstić information content (AvgIpc) is 2.43. The second kappa shape index (κ2) is 5.49. The lowest BCUT2D eigenvalue weighted by Gasteiger charge is -2.08. The molecule has 0 radical (unpaired) electrons. The van der Waals surface area contributed by atoms with E-state index in [2.05, 4.69) is 5.32 Å². The van der Waals surface area contributed by atoms with Gasteiger partial charge in [0.1, 0.15) is 17.7 Å². The van der Waals surface area contributed by atoms with Crippen LogP contribution in [-0.4, -0.2) is 5.91 Å². The Bertz CT molecular complexity index is 720. The van der Waals surface area contributed by atoms with Crippen LogP contribution in [0.5, 0.6) is 0 Å². The van der Waals surface area contributed by atoms with Gasteiger partial charge in [0.15, 0.2) is 0 Å². The van der Waals surface area contributed by atoms with Crippen LogP contribution in [0.1, 0.15) is 21.5 Å². The Balaban J connectivity index is 2.28. The summed E-state index contributed by atoms with van der Waals surface area (Å²) in [4.78, 5) is 12.0. The van der Waals surface area contributed by atoms with Gasteiger partial charge in [0.05, 0.1) is 11.3 Å². The van der Waals surface area contributed by atoms with E-state index in [-0.39, 0.29) is 16.8 Å². The highest BCUT2D eigenvalue weighted by Gasteiger charge is 2.11. The van der Waals surface area contributed by atoms with Gasteiger partial charge in [0.2, 0.25) is 0 Å². The van der Waals surface area contributed by atoms with E-state index in [1.807, 2.05) is 0 Å². The van der Waals surface area contributed by atoms with Gasteiger partial charge in [-0.2, -0.15) is 5.26 Å². The van der Waals surface area contributed by atoms with E-state index in [0.717, 1.165) is 12.1 Å². The smallest absolute Gasteiger partial charge is 0.255 e. The lowest BCUT2D eigenvalue weighted by molar-refractivity contribution is 0.102. The van der Waals surface area contributed by atoms with Gasteiger partial charge in [-0.05, 0) is 48.9 Å². The lowest BCUT2D eigenvalue weighted by Crippen LogP contribution is -2.13. The summed E-state index contributed by atoms with van der Waals surface area (Å²) in [5, 5.41) is 11.4. The number of nitrogens with one attached hydrogen (secondary N) is 1. The monoisotopic (exact) mass is 272 g/mol. The minimum atomic E-state index is -0.558. The van der Waals surface area contributed by atoms with Crippen molar-refractivity contribution in [2.45, 2.75) is 6.92 Å². The van der Waals surface area contributed by atoms with Crippen molar-refractivity contribution < 1.29 is 13.6 Å². The van der Waals surface area contributed by atoms with Gasteiger partial charge in [-0.15, -0.1) is 0 Å². The molecule has 0 bridgehead atoms. The van der Waals surface area contributed by atoms with E-state index in [0.29, 0.717) is 5.56 Å².